The molecule has 180 valence electrons. The number of carbonyl (C=O) groups is 1. The number of piperidine rings is 1. The number of thioether (sulfide) groups is 1. The van der Waals surface area contributed by atoms with Crippen molar-refractivity contribution < 1.29 is 22.4 Å². The van der Waals surface area contributed by atoms with Crippen LogP contribution in [-0.2, 0) is 21.2 Å². The van der Waals surface area contributed by atoms with Crippen LogP contribution in [0.5, 0.6) is 5.75 Å². The second-order valence-corrected chi connectivity index (χ2v) is 10.7. The summed E-state index contributed by atoms with van der Waals surface area (Å²) in [6.45, 7) is 1.10. The summed E-state index contributed by atoms with van der Waals surface area (Å²) in [4.78, 5) is 12.5. The van der Waals surface area contributed by atoms with E-state index in [-0.39, 0.29) is 16.6 Å². The largest absolute Gasteiger partial charge is 0.497 e. The zero-order valence-electron chi connectivity index (χ0n) is 18.8. The van der Waals surface area contributed by atoms with Gasteiger partial charge in [-0.25, -0.2) is 8.42 Å². The van der Waals surface area contributed by atoms with Gasteiger partial charge in [-0.1, -0.05) is 30.3 Å². The summed E-state index contributed by atoms with van der Waals surface area (Å²) in [5.74, 6) is 1.05. The first-order valence-corrected chi connectivity index (χ1v) is 13.3. The number of ether oxygens (including phenoxy) is 1. The van der Waals surface area contributed by atoms with Crippen LogP contribution in [0.2, 0.25) is 0 Å². The lowest BCUT2D eigenvalue weighted by molar-refractivity contribution is -0.113. The molecular weight excluding hydrogens is 476 g/mol. The van der Waals surface area contributed by atoms with Gasteiger partial charge in [0, 0.05) is 18.8 Å². The lowest BCUT2D eigenvalue weighted by atomic mass is 10.1. The van der Waals surface area contributed by atoms with Gasteiger partial charge in [0.05, 0.1) is 24.2 Å². The maximum absolute atomic E-state index is 12.7. The average Bonchev–Trinajstić information content (AvgIpc) is 3.31. The Balaban J connectivity index is 1.27. The number of aromatic nitrogens is 2. The van der Waals surface area contributed by atoms with Crippen LogP contribution < -0.4 is 10.1 Å². The number of amides is 1. The van der Waals surface area contributed by atoms with Crippen molar-refractivity contribution >= 4 is 33.4 Å². The van der Waals surface area contributed by atoms with E-state index in [2.05, 4.69) is 15.5 Å². The number of nitrogens with zero attached hydrogens (tertiary/aromatic N) is 3. The maximum atomic E-state index is 12.7. The van der Waals surface area contributed by atoms with Crippen molar-refractivity contribution in [2.45, 2.75) is 35.8 Å². The van der Waals surface area contributed by atoms with Crippen LogP contribution in [0.25, 0.3) is 0 Å². The van der Waals surface area contributed by atoms with Gasteiger partial charge in [-0.2, -0.15) is 4.31 Å². The molecule has 1 aliphatic heterocycles. The fourth-order valence-electron chi connectivity index (χ4n) is 3.57. The molecule has 34 heavy (non-hydrogen) atoms. The van der Waals surface area contributed by atoms with Crippen LogP contribution in [0.3, 0.4) is 0 Å². The van der Waals surface area contributed by atoms with Crippen molar-refractivity contribution in [1.29, 1.82) is 0 Å². The second kappa shape index (κ2) is 11.0. The third-order valence-corrected chi connectivity index (χ3v) is 8.11. The fraction of sp³-hybridized carbons (Fsp3) is 0.348. The van der Waals surface area contributed by atoms with E-state index >= 15 is 0 Å². The molecule has 1 amide bonds. The standard InChI is InChI=1S/C23H26N4O5S2/c1-31-19-9-5-17(6-10-19)15-22-25-26-23(32-22)33-16-21(28)24-18-7-11-20(12-8-18)34(29,30)27-13-3-2-4-14-27/h5-12H,2-4,13-16H2,1H3,(H,24,28). The molecule has 3 aromatic rings. The Kier molecular flexibility index (Phi) is 7.86. The van der Waals surface area contributed by atoms with Crippen molar-refractivity contribution in [3.63, 3.8) is 0 Å². The van der Waals surface area contributed by atoms with Crippen molar-refractivity contribution in [3.05, 3.63) is 60.0 Å². The van der Waals surface area contributed by atoms with E-state index < -0.39 is 10.0 Å². The number of rotatable bonds is 9. The van der Waals surface area contributed by atoms with Crippen LogP contribution in [-0.4, -0.2) is 54.8 Å². The molecular formula is C23H26N4O5S2. The van der Waals surface area contributed by atoms with E-state index in [0.29, 0.717) is 36.3 Å². The van der Waals surface area contributed by atoms with E-state index in [4.69, 9.17) is 9.15 Å². The molecule has 1 saturated heterocycles. The van der Waals surface area contributed by atoms with Gasteiger partial charge in [0.2, 0.25) is 21.8 Å². The highest BCUT2D eigenvalue weighted by atomic mass is 32.2. The number of nitrogens with one attached hydrogen (secondary N) is 1. The molecule has 1 aliphatic rings. The van der Waals surface area contributed by atoms with Crippen molar-refractivity contribution in [1.82, 2.24) is 14.5 Å². The maximum Gasteiger partial charge on any atom is 0.277 e. The molecule has 1 aromatic heterocycles. The molecule has 1 fully saturated rings. The predicted molar refractivity (Wildman–Crippen MR) is 129 cm³/mol. The molecule has 0 atom stereocenters. The summed E-state index contributed by atoms with van der Waals surface area (Å²) in [5.41, 5.74) is 1.53. The van der Waals surface area contributed by atoms with Gasteiger partial charge in [0.1, 0.15) is 5.75 Å². The molecule has 0 radical (unpaired) electrons. The van der Waals surface area contributed by atoms with Gasteiger partial charge in [-0.3, -0.25) is 4.79 Å². The highest BCUT2D eigenvalue weighted by molar-refractivity contribution is 7.99. The lowest BCUT2D eigenvalue weighted by Gasteiger charge is -2.25. The molecule has 9 nitrogen and oxygen atoms in total. The third-order valence-electron chi connectivity index (χ3n) is 5.38. The quantitative estimate of drug-likeness (QED) is 0.442. The van der Waals surface area contributed by atoms with Gasteiger partial charge in [0.25, 0.3) is 5.22 Å². The molecule has 11 heteroatoms. The van der Waals surface area contributed by atoms with Crippen molar-refractivity contribution in [3.8, 4) is 5.75 Å². The Hall–Kier alpha value is -2.89. The second-order valence-electron chi connectivity index (χ2n) is 7.81. The molecule has 1 N–H and O–H groups in total. The summed E-state index contributed by atoms with van der Waals surface area (Å²) in [6.07, 6.45) is 3.31. The molecule has 2 aromatic carbocycles. The van der Waals surface area contributed by atoms with Crippen molar-refractivity contribution in [2.75, 3.05) is 31.3 Å². The summed E-state index contributed by atoms with van der Waals surface area (Å²) < 4.78 is 37.7. The van der Waals surface area contributed by atoms with E-state index in [1.807, 2.05) is 24.3 Å². The van der Waals surface area contributed by atoms with E-state index in [1.165, 1.54) is 16.4 Å². The van der Waals surface area contributed by atoms with Crippen molar-refractivity contribution in [2.24, 2.45) is 0 Å². The highest BCUT2D eigenvalue weighted by Crippen LogP contribution is 2.23. The van der Waals surface area contributed by atoms with Gasteiger partial charge in [-0.15, -0.1) is 10.2 Å². The SMILES string of the molecule is COc1ccc(Cc2nnc(SCC(=O)Nc3ccc(S(=O)(=O)N4CCCCC4)cc3)o2)cc1. The highest BCUT2D eigenvalue weighted by Gasteiger charge is 2.25. The van der Waals surface area contributed by atoms with Crippen LogP contribution >= 0.6 is 11.8 Å². The minimum atomic E-state index is -3.49. The number of benzene rings is 2. The van der Waals surface area contributed by atoms with E-state index in [1.54, 1.807) is 19.2 Å². The summed E-state index contributed by atoms with van der Waals surface area (Å²) in [6, 6.07) is 13.8. The summed E-state index contributed by atoms with van der Waals surface area (Å²) >= 11 is 1.14. The lowest BCUT2D eigenvalue weighted by Crippen LogP contribution is -2.35. The number of hydrogen-bond donors (Lipinski definition) is 1. The smallest absolute Gasteiger partial charge is 0.277 e. The van der Waals surface area contributed by atoms with Crippen LogP contribution in [0.15, 0.2) is 63.1 Å². The molecule has 2 heterocycles. The Labute approximate surface area is 202 Å². The Bertz CT molecular complexity index is 1200. The zero-order chi connectivity index (χ0) is 24.0. The number of sulfonamides is 1. The van der Waals surface area contributed by atoms with Gasteiger partial charge in [0.15, 0.2) is 0 Å². The molecule has 4 rings (SSSR count). The Morgan fingerprint density at radius 2 is 1.76 bits per heavy atom. The first-order valence-electron chi connectivity index (χ1n) is 10.9. The Morgan fingerprint density at radius 3 is 2.44 bits per heavy atom. The van der Waals surface area contributed by atoms with E-state index in [0.717, 1.165) is 42.3 Å². The minimum absolute atomic E-state index is 0.0813. The number of hydrogen-bond acceptors (Lipinski definition) is 8. The predicted octanol–water partition coefficient (Wildman–Crippen LogP) is 3.57. The van der Waals surface area contributed by atoms with Crippen LogP contribution in [0.4, 0.5) is 5.69 Å². The topological polar surface area (TPSA) is 115 Å². The zero-order valence-corrected chi connectivity index (χ0v) is 20.4. The summed E-state index contributed by atoms with van der Waals surface area (Å²) in [5, 5.41) is 11.1. The van der Waals surface area contributed by atoms with Crippen LogP contribution in [0, 0.1) is 0 Å². The average molecular weight is 503 g/mol. The molecule has 0 saturated carbocycles. The number of methoxy groups -OCH3 is 1. The number of carbonyl (C=O) groups excluding carboxylic acids is 1. The normalized spacial score (nSPS) is 14.6. The molecule has 0 bridgehead atoms. The Morgan fingerprint density at radius 1 is 1.06 bits per heavy atom. The number of anilines is 1. The fourth-order valence-corrected chi connectivity index (χ4v) is 5.67. The summed E-state index contributed by atoms with van der Waals surface area (Å²) in [7, 11) is -1.88. The van der Waals surface area contributed by atoms with Gasteiger partial charge in [-0.05, 0) is 54.8 Å². The first kappa shape index (κ1) is 24.2. The van der Waals surface area contributed by atoms with Gasteiger partial charge < -0.3 is 14.5 Å². The third kappa shape index (κ3) is 6.16. The van der Waals surface area contributed by atoms with Gasteiger partial charge >= 0.3 is 0 Å². The minimum Gasteiger partial charge on any atom is -0.497 e. The van der Waals surface area contributed by atoms with Crippen LogP contribution in [0.1, 0.15) is 30.7 Å². The molecule has 0 unspecified atom stereocenters. The van der Waals surface area contributed by atoms with E-state index in [9.17, 15) is 13.2 Å². The first-order chi connectivity index (χ1) is 16.4. The molecule has 0 spiro atoms. The molecule has 0 aliphatic carbocycles. The monoisotopic (exact) mass is 502 g/mol.